The van der Waals surface area contributed by atoms with Crippen molar-refractivity contribution in [3.05, 3.63) is 0 Å². The first-order valence-corrected chi connectivity index (χ1v) is 6.68. The van der Waals surface area contributed by atoms with E-state index in [1.165, 1.54) is 8.61 Å². The molecule has 1 aliphatic heterocycles. The molecule has 1 fully saturated rings. The molecule has 1 rings (SSSR count). The van der Waals surface area contributed by atoms with Crippen LogP contribution < -0.4 is 0 Å². The molecule has 0 aromatic rings. The summed E-state index contributed by atoms with van der Waals surface area (Å²) in [6, 6.07) is 0. The van der Waals surface area contributed by atoms with E-state index >= 15 is 0 Å². The zero-order valence-electron chi connectivity index (χ0n) is 9.55. The van der Waals surface area contributed by atoms with Gasteiger partial charge in [-0.3, -0.25) is 0 Å². The molecule has 0 saturated carbocycles. The molecule has 0 spiro atoms. The second-order valence-corrected chi connectivity index (χ2v) is 6.10. The Hall–Kier alpha value is -0.170. The smallest absolute Gasteiger partial charge is 0.281 e. The van der Waals surface area contributed by atoms with Crippen LogP contribution in [-0.2, 0) is 10.2 Å². The van der Waals surface area contributed by atoms with Gasteiger partial charge in [0.1, 0.15) is 0 Å². The van der Waals surface area contributed by atoms with Crippen molar-refractivity contribution in [2.24, 2.45) is 5.92 Å². The molecule has 5 nitrogen and oxygen atoms in total. The number of aliphatic hydroxyl groups excluding tert-OH is 1. The van der Waals surface area contributed by atoms with Crippen molar-refractivity contribution >= 4 is 10.2 Å². The average molecular weight is 236 g/mol. The highest BCUT2D eigenvalue weighted by Crippen LogP contribution is 2.23. The fourth-order valence-electron chi connectivity index (χ4n) is 1.72. The highest BCUT2D eigenvalue weighted by Gasteiger charge is 2.35. The third kappa shape index (κ3) is 2.69. The first kappa shape index (κ1) is 12.9. The van der Waals surface area contributed by atoms with Gasteiger partial charge in [-0.15, -0.1) is 0 Å². The van der Waals surface area contributed by atoms with Crippen molar-refractivity contribution in [2.75, 3.05) is 26.7 Å². The van der Waals surface area contributed by atoms with Crippen LogP contribution in [0.25, 0.3) is 0 Å². The van der Waals surface area contributed by atoms with Gasteiger partial charge in [0, 0.05) is 26.7 Å². The first-order chi connectivity index (χ1) is 6.89. The average Bonchev–Trinajstić information content (AvgIpc) is 2.65. The van der Waals surface area contributed by atoms with Gasteiger partial charge in [0.05, 0.1) is 6.10 Å². The summed E-state index contributed by atoms with van der Waals surface area (Å²) >= 11 is 0. The fraction of sp³-hybridized carbons (Fsp3) is 1.00. The maximum absolute atomic E-state index is 11.9. The van der Waals surface area contributed by atoms with E-state index in [-0.39, 0.29) is 5.92 Å². The summed E-state index contributed by atoms with van der Waals surface area (Å²) in [7, 11) is -1.73. The molecular weight excluding hydrogens is 216 g/mol. The van der Waals surface area contributed by atoms with Crippen molar-refractivity contribution in [1.29, 1.82) is 0 Å². The van der Waals surface area contributed by atoms with Crippen LogP contribution in [0.5, 0.6) is 0 Å². The molecule has 6 heteroatoms. The van der Waals surface area contributed by atoms with Crippen LogP contribution in [-0.4, -0.2) is 54.9 Å². The van der Waals surface area contributed by atoms with Crippen LogP contribution in [0.4, 0.5) is 0 Å². The molecule has 1 aliphatic rings. The van der Waals surface area contributed by atoms with Crippen LogP contribution in [0.3, 0.4) is 0 Å². The van der Waals surface area contributed by atoms with Gasteiger partial charge in [-0.05, 0) is 19.3 Å². The van der Waals surface area contributed by atoms with E-state index in [0.29, 0.717) is 19.6 Å². The second kappa shape index (κ2) is 4.78. The lowest BCUT2D eigenvalue weighted by molar-refractivity contribution is 0.132. The standard InChI is InChI=1S/C9H20N2O3S/c1-4-10(3)15(13,14)11-6-5-9(7-11)8(2)12/h8-9,12H,4-7H2,1-3H3. The lowest BCUT2D eigenvalue weighted by Crippen LogP contribution is -2.40. The van der Waals surface area contributed by atoms with Crippen LogP contribution in [0.1, 0.15) is 20.3 Å². The molecule has 2 atom stereocenters. The molecule has 1 heterocycles. The summed E-state index contributed by atoms with van der Waals surface area (Å²) in [6.45, 7) is 4.94. The fourth-order valence-corrected chi connectivity index (χ4v) is 3.15. The van der Waals surface area contributed by atoms with Gasteiger partial charge in [0.2, 0.25) is 0 Å². The molecule has 15 heavy (non-hydrogen) atoms. The van der Waals surface area contributed by atoms with Crippen molar-refractivity contribution in [2.45, 2.75) is 26.4 Å². The highest BCUT2D eigenvalue weighted by atomic mass is 32.2. The molecule has 1 saturated heterocycles. The van der Waals surface area contributed by atoms with Crippen LogP contribution in [0, 0.1) is 5.92 Å². The molecule has 0 radical (unpaired) electrons. The molecule has 2 unspecified atom stereocenters. The minimum atomic E-state index is -3.30. The third-order valence-electron chi connectivity index (χ3n) is 3.04. The number of aliphatic hydroxyl groups is 1. The van der Waals surface area contributed by atoms with Gasteiger partial charge in [-0.2, -0.15) is 17.0 Å². The van der Waals surface area contributed by atoms with E-state index in [0.717, 1.165) is 6.42 Å². The van der Waals surface area contributed by atoms with Gasteiger partial charge in [0.25, 0.3) is 10.2 Å². The Morgan fingerprint density at radius 3 is 2.60 bits per heavy atom. The normalized spacial score (nSPS) is 26.1. The number of rotatable bonds is 4. The summed E-state index contributed by atoms with van der Waals surface area (Å²) in [5, 5.41) is 9.40. The molecule has 0 bridgehead atoms. The maximum Gasteiger partial charge on any atom is 0.281 e. The summed E-state index contributed by atoms with van der Waals surface area (Å²) in [5.41, 5.74) is 0. The first-order valence-electron chi connectivity index (χ1n) is 5.29. The van der Waals surface area contributed by atoms with Crippen molar-refractivity contribution in [1.82, 2.24) is 8.61 Å². The summed E-state index contributed by atoms with van der Waals surface area (Å²) in [6.07, 6.45) is 0.311. The summed E-state index contributed by atoms with van der Waals surface area (Å²) in [5.74, 6) is 0.0741. The van der Waals surface area contributed by atoms with E-state index in [9.17, 15) is 13.5 Å². The number of nitrogens with zero attached hydrogens (tertiary/aromatic N) is 2. The zero-order chi connectivity index (χ0) is 11.6. The Kier molecular flexibility index (Phi) is 4.11. The number of hydrogen-bond acceptors (Lipinski definition) is 3. The Bertz CT molecular complexity index is 302. The van der Waals surface area contributed by atoms with E-state index in [1.54, 1.807) is 20.9 Å². The monoisotopic (exact) mass is 236 g/mol. The molecule has 90 valence electrons. The van der Waals surface area contributed by atoms with Gasteiger partial charge in [0.15, 0.2) is 0 Å². The largest absolute Gasteiger partial charge is 0.393 e. The maximum atomic E-state index is 11.9. The predicted molar refractivity (Wildman–Crippen MR) is 58.6 cm³/mol. The minimum absolute atomic E-state index is 0.0741. The Balaban J connectivity index is 2.68. The molecule has 0 amide bonds. The molecular formula is C9H20N2O3S. The third-order valence-corrected chi connectivity index (χ3v) is 5.07. The van der Waals surface area contributed by atoms with E-state index < -0.39 is 16.3 Å². The predicted octanol–water partition coefficient (Wildman–Crippen LogP) is -0.114. The summed E-state index contributed by atoms with van der Waals surface area (Å²) < 4.78 is 26.6. The van der Waals surface area contributed by atoms with E-state index in [4.69, 9.17) is 0 Å². The molecule has 0 aromatic carbocycles. The highest BCUT2D eigenvalue weighted by molar-refractivity contribution is 7.86. The van der Waals surface area contributed by atoms with Crippen LogP contribution in [0.15, 0.2) is 0 Å². The quantitative estimate of drug-likeness (QED) is 0.740. The van der Waals surface area contributed by atoms with Gasteiger partial charge in [-0.1, -0.05) is 6.92 Å². The van der Waals surface area contributed by atoms with Crippen LogP contribution in [0.2, 0.25) is 0 Å². The Labute approximate surface area is 91.9 Å². The van der Waals surface area contributed by atoms with Gasteiger partial charge in [-0.25, -0.2) is 0 Å². The van der Waals surface area contributed by atoms with Crippen molar-refractivity contribution in [3.63, 3.8) is 0 Å². The van der Waals surface area contributed by atoms with E-state index in [1.807, 2.05) is 0 Å². The van der Waals surface area contributed by atoms with Crippen molar-refractivity contribution < 1.29 is 13.5 Å². The summed E-state index contributed by atoms with van der Waals surface area (Å²) in [4.78, 5) is 0. The molecule has 0 aromatic heterocycles. The lowest BCUT2D eigenvalue weighted by Gasteiger charge is -2.23. The molecule has 1 N–H and O–H groups in total. The lowest BCUT2D eigenvalue weighted by atomic mass is 10.0. The van der Waals surface area contributed by atoms with Gasteiger partial charge < -0.3 is 5.11 Å². The topological polar surface area (TPSA) is 60.9 Å². The minimum Gasteiger partial charge on any atom is -0.393 e. The SMILES string of the molecule is CCN(C)S(=O)(=O)N1CCC(C(C)O)C1. The van der Waals surface area contributed by atoms with Gasteiger partial charge >= 0.3 is 0 Å². The number of hydrogen-bond donors (Lipinski definition) is 1. The van der Waals surface area contributed by atoms with E-state index in [2.05, 4.69) is 0 Å². The van der Waals surface area contributed by atoms with Crippen LogP contribution >= 0.6 is 0 Å². The Morgan fingerprint density at radius 2 is 2.20 bits per heavy atom. The zero-order valence-corrected chi connectivity index (χ0v) is 10.4. The molecule has 0 aliphatic carbocycles. The Morgan fingerprint density at radius 1 is 1.60 bits per heavy atom. The van der Waals surface area contributed by atoms with Crippen molar-refractivity contribution in [3.8, 4) is 0 Å². The second-order valence-electron chi connectivity index (χ2n) is 4.07.